The average molecular weight is 325 g/mol. The van der Waals surface area contributed by atoms with Crippen molar-refractivity contribution in [3.05, 3.63) is 18.1 Å². The van der Waals surface area contributed by atoms with Crippen molar-refractivity contribution in [2.24, 2.45) is 5.73 Å². The third kappa shape index (κ3) is 2.12. The lowest BCUT2D eigenvalue weighted by Crippen LogP contribution is -2.33. The number of anilines is 1. The van der Waals surface area contributed by atoms with Crippen LogP contribution in [0.1, 0.15) is 11.8 Å². The molecule has 10 heteroatoms. The second kappa shape index (κ2) is 5.41. The maximum Gasteiger partial charge on any atom is 0.164 e. The van der Waals surface area contributed by atoms with Gasteiger partial charge in [0.25, 0.3) is 0 Å². The number of rotatable bonds is 3. The molecule has 22 heavy (non-hydrogen) atoms. The van der Waals surface area contributed by atoms with Gasteiger partial charge in [0.05, 0.1) is 12.0 Å². The topological polar surface area (TPSA) is 153 Å². The van der Waals surface area contributed by atoms with E-state index in [9.17, 15) is 15.3 Å². The van der Waals surface area contributed by atoms with Crippen LogP contribution in [-0.4, -0.2) is 59.8 Å². The third-order valence-electron chi connectivity index (χ3n) is 3.70. The molecule has 0 bridgehead atoms. The summed E-state index contributed by atoms with van der Waals surface area (Å²) >= 11 is 5.00. The molecule has 0 aliphatic carbocycles. The van der Waals surface area contributed by atoms with Crippen LogP contribution in [0.2, 0.25) is 0 Å². The van der Waals surface area contributed by atoms with E-state index in [-0.39, 0.29) is 10.8 Å². The molecular weight excluding hydrogens is 310 g/mol. The van der Waals surface area contributed by atoms with Crippen LogP contribution in [0, 0.1) is 0 Å². The van der Waals surface area contributed by atoms with Gasteiger partial charge in [-0.3, -0.25) is 0 Å². The Kier molecular flexibility index (Phi) is 3.70. The fourth-order valence-electron chi connectivity index (χ4n) is 2.60. The summed E-state index contributed by atoms with van der Waals surface area (Å²) in [5.74, 6) is 0.193. The number of aliphatic hydroxyl groups is 3. The van der Waals surface area contributed by atoms with Crippen LogP contribution in [0.25, 0.3) is 11.0 Å². The molecule has 2 aromatic rings. The number of nitrogen functional groups attached to an aromatic ring is 1. The monoisotopic (exact) mass is 325 g/mol. The van der Waals surface area contributed by atoms with Crippen molar-refractivity contribution in [2.75, 3.05) is 12.3 Å². The second-order valence-electron chi connectivity index (χ2n) is 5.00. The maximum atomic E-state index is 10.1. The normalized spacial score (nSPS) is 28.3. The Morgan fingerprint density at radius 2 is 2.09 bits per heavy atom. The quantitative estimate of drug-likeness (QED) is 0.414. The molecule has 1 aliphatic rings. The van der Waals surface area contributed by atoms with Gasteiger partial charge in [-0.15, -0.1) is 0 Å². The molecule has 0 aromatic carbocycles. The van der Waals surface area contributed by atoms with Crippen LogP contribution in [0.15, 0.2) is 12.5 Å². The van der Waals surface area contributed by atoms with Gasteiger partial charge < -0.3 is 36.1 Å². The van der Waals surface area contributed by atoms with Gasteiger partial charge in [-0.25, -0.2) is 9.97 Å². The van der Waals surface area contributed by atoms with Crippen molar-refractivity contribution in [3.8, 4) is 0 Å². The van der Waals surface area contributed by atoms with E-state index in [1.54, 1.807) is 6.20 Å². The molecule has 0 spiro atoms. The van der Waals surface area contributed by atoms with Gasteiger partial charge in [0, 0.05) is 11.8 Å². The van der Waals surface area contributed by atoms with E-state index >= 15 is 0 Å². The molecule has 0 amide bonds. The summed E-state index contributed by atoms with van der Waals surface area (Å²) in [6.07, 6.45) is -1.52. The highest BCUT2D eigenvalue weighted by Crippen LogP contribution is 2.34. The van der Waals surface area contributed by atoms with Crippen LogP contribution < -0.4 is 11.5 Å². The summed E-state index contributed by atoms with van der Waals surface area (Å²) in [6.45, 7) is -0.423. The Bertz CT molecular complexity index is 736. The van der Waals surface area contributed by atoms with Crippen LogP contribution in [0.5, 0.6) is 0 Å². The summed E-state index contributed by atoms with van der Waals surface area (Å²) < 4.78 is 6.97. The second-order valence-corrected chi connectivity index (χ2v) is 5.44. The van der Waals surface area contributed by atoms with Gasteiger partial charge >= 0.3 is 0 Å². The SMILES string of the molecule is NC(=S)c1cn([C@H]2O[C@@H](CO)[C@@H](O)[C@@H]2O)c2ncnc(N)c12. The molecule has 0 saturated carbocycles. The zero-order valence-corrected chi connectivity index (χ0v) is 12.1. The number of fused-ring (bicyclic) bond motifs is 1. The number of ether oxygens (including phenoxy) is 1. The number of nitrogens with zero attached hydrogens (tertiary/aromatic N) is 3. The lowest BCUT2D eigenvalue weighted by molar-refractivity contribution is -0.0508. The Morgan fingerprint density at radius 3 is 2.68 bits per heavy atom. The number of hydrogen-bond acceptors (Lipinski definition) is 8. The standard InChI is InChI=1S/C12H15N5O4S/c13-9-6-4(10(14)22)1-17(11(6)16-3-15-9)12-8(20)7(19)5(2-18)21-12/h1,3,5,7-8,12,18-20H,2H2,(H2,14,22)(H2,13,15,16)/t5-,7+,8-,12-/m0/s1. The summed E-state index contributed by atoms with van der Waals surface area (Å²) in [7, 11) is 0. The van der Waals surface area contributed by atoms with E-state index in [0.717, 1.165) is 0 Å². The minimum Gasteiger partial charge on any atom is -0.394 e. The van der Waals surface area contributed by atoms with Gasteiger partial charge in [-0.1, -0.05) is 12.2 Å². The van der Waals surface area contributed by atoms with Crippen molar-refractivity contribution in [3.63, 3.8) is 0 Å². The molecule has 3 heterocycles. The van der Waals surface area contributed by atoms with Gasteiger partial charge in [-0.2, -0.15) is 0 Å². The molecule has 0 radical (unpaired) electrons. The minimum atomic E-state index is -1.25. The molecule has 1 fully saturated rings. The van der Waals surface area contributed by atoms with Gasteiger partial charge in [-0.05, 0) is 0 Å². The first kappa shape index (κ1) is 15.1. The van der Waals surface area contributed by atoms with Crippen molar-refractivity contribution >= 4 is 34.1 Å². The number of hydrogen-bond donors (Lipinski definition) is 5. The van der Waals surface area contributed by atoms with Gasteiger partial charge in [0.15, 0.2) is 6.23 Å². The van der Waals surface area contributed by atoms with Crippen molar-refractivity contribution in [1.82, 2.24) is 14.5 Å². The molecule has 118 valence electrons. The molecule has 1 saturated heterocycles. The van der Waals surface area contributed by atoms with E-state index in [1.807, 2.05) is 0 Å². The molecule has 4 atom stereocenters. The van der Waals surface area contributed by atoms with Crippen LogP contribution in [-0.2, 0) is 4.74 Å². The van der Waals surface area contributed by atoms with Gasteiger partial charge in [0.2, 0.25) is 0 Å². The van der Waals surface area contributed by atoms with Crippen molar-refractivity contribution < 1.29 is 20.1 Å². The first-order chi connectivity index (χ1) is 10.5. The fraction of sp³-hybridized carbons (Fsp3) is 0.417. The smallest absolute Gasteiger partial charge is 0.164 e. The zero-order chi connectivity index (χ0) is 16.0. The predicted octanol–water partition coefficient (Wildman–Crippen LogP) is -1.74. The largest absolute Gasteiger partial charge is 0.394 e. The van der Waals surface area contributed by atoms with Crippen LogP contribution in [0.3, 0.4) is 0 Å². The van der Waals surface area contributed by atoms with Gasteiger partial charge in [0.1, 0.15) is 41.1 Å². The summed E-state index contributed by atoms with van der Waals surface area (Å²) in [6, 6.07) is 0. The Balaban J connectivity index is 2.16. The Hall–Kier alpha value is -1.85. The summed E-state index contributed by atoms with van der Waals surface area (Å²) in [4.78, 5) is 8.12. The number of thiocarbonyl (C=S) groups is 1. The average Bonchev–Trinajstić information content (AvgIpc) is 3.00. The van der Waals surface area contributed by atoms with E-state index in [2.05, 4.69) is 9.97 Å². The summed E-state index contributed by atoms with van der Waals surface area (Å²) in [5.41, 5.74) is 12.4. The zero-order valence-electron chi connectivity index (χ0n) is 11.3. The number of nitrogens with two attached hydrogens (primary N) is 2. The molecule has 0 unspecified atom stereocenters. The fourth-order valence-corrected chi connectivity index (χ4v) is 2.75. The minimum absolute atomic E-state index is 0.0944. The van der Waals surface area contributed by atoms with Crippen molar-refractivity contribution in [1.29, 1.82) is 0 Å². The lowest BCUT2D eigenvalue weighted by Gasteiger charge is -2.17. The van der Waals surface area contributed by atoms with E-state index in [0.29, 0.717) is 16.6 Å². The predicted molar refractivity (Wildman–Crippen MR) is 80.8 cm³/mol. The molecular formula is C12H15N5O4S. The highest BCUT2D eigenvalue weighted by atomic mass is 32.1. The van der Waals surface area contributed by atoms with E-state index in [4.69, 9.17) is 28.4 Å². The van der Waals surface area contributed by atoms with Crippen molar-refractivity contribution in [2.45, 2.75) is 24.5 Å². The number of aliphatic hydroxyl groups excluding tert-OH is 3. The molecule has 2 aromatic heterocycles. The molecule has 9 nitrogen and oxygen atoms in total. The van der Waals surface area contributed by atoms with E-state index < -0.39 is 31.1 Å². The molecule has 7 N–H and O–H groups in total. The molecule has 3 rings (SSSR count). The van der Waals surface area contributed by atoms with E-state index in [1.165, 1.54) is 10.9 Å². The Labute approximate surface area is 130 Å². The number of aromatic nitrogens is 3. The van der Waals surface area contributed by atoms with Crippen LogP contribution in [0.4, 0.5) is 5.82 Å². The highest BCUT2D eigenvalue weighted by Gasteiger charge is 2.44. The Morgan fingerprint density at radius 1 is 1.36 bits per heavy atom. The molecule has 1 aliphatic heterocycles. The first-order valence-electron chi connectivity index (χ1n) is 6.49. The van der Waals surface area contributed by atoms with Crippen LogP contribution >= 0.6 is 12.2 Å². The third-order valence-corrected chi connectivity index (χ3v) is 3.92. The first-order valence-corrected chi connectivity index (χ1v) is 6.89. The summed E-state index contributed by atoms with van der Waals surface area (Å²) in [5, 5.41) is 29.6. The maximum absolute atomic E-state index is 10.1. The highest BCUT2D eigenvalue weighted by molar-refractivity contribution is 7.80. The lowest BCUT2D eigenvalue weighted by atomic mass is 10.1.